The van der Waals surface area contributed by atoms with Crippen LogP contribution in [0.25, 0.3) is 10.8 Å². The molecule has 0 saturated carbocycles. The van der Waals surface area contributed by atoms with Crippen molar-refractivity contribution in [3.05, 3.63) is 41.5 Å². The van der Waals surface area contributed by atoms with Gasteiger partial charge in [-0.2, -0.15) is 8.42 Å². The third-order valence-electron chi connectivity index (χ3n) is 10.6. The van der Waals surface area contributed by atoms with Gasteiger partial charge >= 0.3 is 0 Å². The van der Waals surface area contributed by atoms with Crippen LogP contribution in [-0.4, -0.2) is 13.0 Å². The lowest BCUT2D eigenvalue weighted by atomic mass is 9.93. The van der Waals surface area contributed by atoms with E-state index in [0.717, 1.165) is 42.0 Å². The monoisotopic (exact) mass is 685 g/mol. The summed E-state index contributed by atoms with van der Waals surface area (Å²) >= 11 is 0. The topological polar surface area (TPSA) is 54.4 Å². The minimum Gasteiger partial charge on any atom is -0.282 e. The lowest BCUT2D eigenvalue weighted by molar-refractivity contribution is 0.484. The molecule has 0 spiro atoms. The molecule has 0 heterocycles. The normalized spacial score (nSPS) is 12.0. The van der Waals surface area contributed by atoms with Crippen molar-refractivity contribution in [2.75, 3.05) is 0 Å². The van der Waals surface area contributed by atoms with Gasteiger partial charge in [0.15, 0.2) is 0 Å². The standard InChI is InChI=1S/C44H76O3S/c1-3-5-7-9-11-13-15-17-19-21-23-25-27-29-31-34-40-38-39-41(44-42(40)36-33-37-43(44)48(45,46)47)35-32-30-28-26-24-22-20-18-16-14-12-10-8-6-4-2/h33,36-39H,3-32,34-35H2,1-2H3,(H,45,46,47). The van der Waals surface area contributed by atoms with Crippen molar-refractivity contribution in [3.63, 3.8) is 0 Å². The van der Waals surface area contributed by atoms with E-state index in [2.05, 4.69) is 32.0 Å². The Morgan fingerprint density at radius 3 is 1.08 bits per heavy atom. The number of hydrogen-bond donors (Lipinski definition) is 1. The van der Waals surface area contributed by atoms with E-state index in [1.165, 1.54) is 185 Å². The summed E-state index contributed by atoms with van der Waals surface area (Å²) in [5.41, 5.74) is 2.28. The molecule has 0 atom stereocenters. The molecule has 276 valence electrons. The minimum atomic E-state index is -4.28. The zero-order valence-corrected chi connectivity index (χ0v) is 32.5. The lowest BCUT2D eigenvalue weighted by Gasteiger charge is -2.14. The maximum Gasteiger partial charge on any atom is 0.295 e. The molecule has 0 aliphatic rings. The maximum atomic E-state index is 12.4. The SMILES string of the molecule is CCCCCCCCCCCCCCCCCc1ccc(CCCCCCCCCCCCCCCCC)c2c(S(=O)(=O)O)cccc12. The second-order valence-electron chi connectivity index (χ2n) is 14.9. The molecule has 2 rings (SSSR count). The van der Waals surface area contributed by atoms with E-state index in [0.29, 0.717) is 0 Å². The highest BCUT2D eigenvalue weighted by molar-refractivity contribution is 7.86. The van der Waals surface area contributed by atoms with Gasteiger partial charge in [-0.15, -0.1) is 0 Å². The quantitative estimate of drug-likeness (QED) is 0.0601. The van der Waals surface area contributed by atoms with Gasteiger partial charge in [-0.05, 0) is 48.3 Å². The molecule has 4 heteroatoms. The smallest absolute Gasteiger partial charge is 0.282 e. The van der Waals surface area contributed by atoms with Crippen LogP contribution in [0.15, 0.2) is 35.2 Å². The molecule has 48 heavy (non-hydrogen) atoms. The van der Waals surface area contributed by atoms with E-state index >= 15 is 0 Å². The number of fused-ring (bicyclic) bond motifs is 1. The summed E-state index contributed by atoms with van der Waals surface area (Å²) in [4.78, 5) is 0.0781. The van der Waals surface area contributed by atoms with Crippen molar-refractivity contribution in [2.45, 2.75) is 224 Å². The molecule has 0 radical (unpaired) electrons. The van der Waals surface area contributed by atoms with Gasteiger partial charge in [0.1, 0.15) is 4.90 Å². The molecule has 0 aliphatic heterocycles. The number of rotatable bonds is 33. The van der Waals surface area contributed by atoms with Crippen LogP contribution in [0.4, 0.5) is 0 Å². The summed E-state index contributed by atoms with van der Waals surface area (Å²) in [6.45, 7) is 4.57. The molecule has 3 nitrogen and oxygen atoms in total. The summed E-state index contributed by atoms with van der Waals surface area (Å²) in [7, 11) is -4.28. The second kappa shape index (κ2) is 28.3. The highest BCUT2D eigenvalue weighted by Gasteiger charge is 2.18. The van der Waals surface area contributed by atoms with Crippen LogP contribution >= 0.6 is 0 Å². The Morgan fingerprint density at radius 1 is 0.417 bits per heavy atom. The fraction of sp³-hybridized carbons (Fsp3) is 0.773. The van der Waals surface area contributed by atoms with Gasteiger partial charge in [0.2, 0.25) is 0 Å². The van der Waals surface area contributed by atoms with Crippen molar-refractivity contribution >= 4 is 20.9 Å². The van der Waals surface area contributed by atoms with Crippen molar-refractivity contribution in [3.8, 4) is 0 Å². The number of aryl methyl sites for hydroxylation is 2. The minimum absolute atomic E-state index is 0.0781. The van der Waals surface area contributed by atoms with Crippen LogP contribution in [0.3, 0.4) is 0 Å². The Kier molecular flexibility index (Phi) is 25.2. The van der Waals surface area contributed by atoms with Gasteiger partial charge in [-0.25, -0.2) is 0 Å². The van der Waals surface area contributed by atoms with E-state index in [1.807, 2.05) is 0 Å². The molecule has 0 saturated heterocycles. The zero-order chi connectivity index (χ0) is 34.5. The molecule has 1 N–H and O–H groups in total. The average molecular weight is 685 g/mol. The molecule has 0 fully saturated rings. The van der Waals surface area contributed by atoms with Gasteiger partial charge < -0.3 is 0 Å². The first-order valence-electron chi connectivity index (χ1n) is 21.0. The van der Waals surface area contributed by atoms with Crippen molar-refractivity contribution in [1.29, 1.82) is 0 Å². The Hall–Kier alpha value is -1.39. The third kappa shape index (κ3) is 19.7. The Labute approximate surface area is 298 Å². The molecule has 0 amide bonds. The molecule has 0 unspecified atom stereocenters. The third-order valence-corrected chi connectivity index (χ3v) is 11.5. The van der Waals surface area contributed by atoms with Gasteiger partial charge in [0.05, 0.1) is 0 Å². The highest BCUT2D eigenvalue weighted by Crippen LogP contribution is 2.31. The van der Waals surface area contributed by atoms with Crippen molar-refractivity contribution in [2.24, 2.45) is 0 Å². The first-order valence-corrected chi connectivity index (χ1v) is 22.4. The lowest BCUT2D eigenvalue weighted by Crippen LogP contribution is -2.03. The van der Waals surface area contributed by atoms with E-state index in [1.54, 1.807) is 12.1 Å². The van der Waals surface area contributed by atoms with E-state index in [9.17, 15) is 13.0 Å². The largest absolute Gasteiger partial charge is 0.295 e. The van der Waals surface area contributed by atoms with Crippen LogP contribution in [0.1, 0.15) is 218 Å². The summed E-state index contributed by atoms with van der Waals surface area (Å²) in [6, 6.07) is 9.78. The first kappa shape index (κ1) is 42.8. The summed E-state index contributed by atoms with van der Waals surface area (Å²) in [6.07, 6.45) is 42.2. The Bertz CT molecular complexity index is 1160. The van der Waals surface area contributed by atoms with Gasteiger partial charge in [-0.3, -0.25) is 4.55 Å². The first-order chi connectivity index (χ1) is 23.5. The average Bonchev–Trinajstić information content (AvgIpc) is 3.08. The number of unbranched alkanes of at least 4 members (excludes halogenated alkanes) is 28. The van der Waals surface area contributed by atoms with E-state index < -0.39 is 10.1 Å². The molecule has 2 aromatic carbocycles. The van der Waals surface area contributed by atoms with Crippen LogP contribution in [0.5, 0.6) is 0 Å². The van der Waals surface area contributed by atoms with Gasteiger partial charge in [0.25, 0.3) is 10.1 Å². The fourth-order valence-electron chi connectivity index (χ4n) is 7.52. The van der Waals surface area contributed by atoms with Crippen LogP contribution in [-0.2, 0) is 23.0 Å². The summed E-state index contributed by atoms with van der Waals surface area (Å²) in [5.74, 6) is 0. The summed E-state index contributed by atoms with van der Waals surface area (Å²) < 4.78 is 34.9. The van der Waals surface area contributed by atoms with Crippen LogP contribution in [0, 0.1) is 0 Å². The Balaban J connectivity index is 1.66. The van der Waals surface area contributed by atoms with Crippen LogP contribution < -0.4 is 0 Å². The highest BCUT2D eigenvalue weighted by atomic mass is 32.2. The van der Waals surface area contributed by atoms with Crippen molar-refractivity contribution in [1.82, 2.24) is 0 Å². The zero-order valence-electron chi connectivity index (χ0n) is 31.7. The van der Waals surface area contributed by atoms with Crippen LogP contribution in [0.2, 0.25) is 0 Å². The van der Waals surface area contributed by atoms with E-state index in [-0.39, 0.29) is 4.90 Å². The molecular formula is C44H76O3S. The maximum absolute atomic E-state index is 12.4. The predicted octanol–water partition coefficient (Wildman–Crippen LogP) is 14.9. The summed E-state index contributed by atoms with van der Waals surface area (Å²) in [5, 5.41) is 1.76. The predicted molar refractivity (Wildman–Crippen MR) is 211 cm³/mol. The Morgan fingerprint density at radius 2 is 0.729 bits per heavy atom. The molecule has 2 aromatic rings. The van der Waals surface area contributed by atoms with Crippen molar-refractivity contribution < 1.29 is 13.0 Å². The molecule has 0 bridgehead atoms. The number of benzene rings is 2. The van der Waals surface area contributed by atoms with Gasteiger partial charge in [0, 0.05) is 5.39 Å². The van der Waals surface area contributed by atoms with Gasteiger partial charge in [-0.1, -0.05) is 218 Å². The molecule has 0 aromatic heterocycles. The second-order valence-corrected chi connectivity index (χ2v) is 16.3. The fourth-order valence-corrected chi connectivity index (χ4v) is 8.27. The molecular weight excluding hydrogens is 609 g/mol. The molecule has 0 aliphatic carbocycles. The van der Waals surface area contributed by atoms with E-state index in [4.69, 9.17) is 0 Å². The number of hydrogen-bond acceptors (Lipinski definition) is 2.